The van der Waals surface area contributed by atoms with Gasteiger partial charge in [-0.25, -0.2) is 4.90 Å². The van der Waals surface area contributed by atoms with Gasteiger partial charge in [-0.3, -0.25) is 14.5 Å². The molecule has 0 bridgehead atoms. The molecule has 26 heavy (non-hydrogen) atoms. The van der Waals surface area contributed by atoms with E-state index in [4.69, 9.17) is 0 Å². The van der Waals surface area contributed by atoms with E-state index in [2.05, 4.69) is 9.80 Å². The van der Waals surface area contributed by atoms with Crippen molar-refractivity contribution in [2.45, 2.75) is 57.5 Å². The first-order chi connectivity index (χ1) is 12.6. The molecular weight excluding hydrogens is 326 g/mol. The number of amides is 2. The van der Waals surface area contributed by atoms with Gasteiger partial charge in [-0.05, 0) is 57.8 Å². The predicted octanol–water partition coefficient (Wildman–Crippen LogP) is 2.58. The molecule has 1 unspecified atom stereocenters. The molecule has 3 saturated heterocycles. The Morgan fingerprint density at radius 1 is 0.846 bits per heavy atom. The number of carbonyl (C=O) groups excluding carboxylic acids is 2. The number of aryl methyl sites for hydroxylation is 1. The van der Waals surface area contributed by atoms with Crippen LogP contribution < -0.4 is 4.90 Å². The summed E-state index contributed by atoms with van der Waals surface area (Å²) in [6.45, 7) is 6.31. The quantitative estimate of drug-likeness (QED) is 0.782. The SMILES string of the molecule is Cc1ccc(N2C(=O)CC(N3CCC(N4CCCCC4)CC3)C2=O)cc1. The largest absolute Gasteiger partial charge is 0.300 e. The molecule has 5 heteroatoms. The number of anilines is 1. The van der Waals surface area contributed by atoms with Gasteiger partial charge in [0.2, 0.25) is 5.91 Å². The molecule has 1 aromatic rings. The molecular formula is C21H29N3O2. The van der Waals surface area contributed by atoms with Gasteiger partial charge in [-0.2, -0.15) is 0 Å². The van der Waals surface area contributed by atoms with E-state index in [0.717, 1.165) is 31.5 Å². The van der Waals surface area contributed by atoms with E-state index in [9.17, 15) is 9.59 Å². The lowest BCUT2D eigenvalue weighted by molar-refractivity contribution is -0.123. The number of hydrogen-bond donors (Lipinski definition) is 0. The zero-order valence-electron chi connectivity index (χ0n) is 15.7. The maximum absolute atomic E-state index is 12.9. The summed E-state index contributed by atoms with van der Waals surface area (Å²) in [6.07, 6.45) is 6.55. The summed E-state index contributed by atoms with van der Waals surface area (Å²) < 4.78 is 0. The van der Waals surface area contributed by atoms with Crippen molar-refractivity contribution in [2.24, 2.45) is 0 Å². The summed E-state index contributed by atoms with van der Waals surface area (Å²) in [5, 5.41) is 0. The minimum atomic E-state index is -0.272. The van der Waals surface area contributed by atoms with Gasteiger partial charge in [-0.1, -0.05) is 24.1 Å². The lowest BCUT2D eigenvalue weighted by Gasteiger charge is -2.41. The van der Waals surface area contributed by atoms with Gasteiger partial charge in [0.1, 0.15) is 0 Å². The van der Waals surface area contributed by atoms with Crippen LogP contribution in [0.3, 0.4) is 0 Å². The molecule has 0 aliphatic carbocycles. The molecule has 0 spiro atoms. The first-order valence-electron chi connectivity index (χ1n) is 10.0. The fourth-order valence-electron chi connectivity index (χ4n) is 4.71. The molecule has 4 rings (SSSR count). The Bertz CT molecular complexity index is 658. The molecule has 3 aliphatic rings. The Balaban J connectivity index is 1.39. The van der Waals surface area contributed by atoms with Gasteiger partial charge in [0.25, 0.3) is 5.91 Å². The zero-order valence-corrected chi connectivity index (χ0v) is 15.7. The maximum atomic E-state index is 12.9. The fourth-order valence-corrected chi connectivity index (χ4v) is 4.71. The third-order valence-electron chi connectivity index (χ3n) is 6.26. The molecule has 0 N–H and O–H groups in total. The highest BCUT2D eigenvalue weighted by Crippen LogP contribution is 2.29. The summed E-state index contributed by atoms with van der Waals surface area (Å²) in [6, 6.07) is 8.03. The van der Waals surface area contributed by atoms with Crippen molar-refractivity contribution < 1.29 is 9.59 Å². The van der Waals surface area contributed by atoms with E-state index < -0.39 is 0 Å². The average molecular weight is 355 g/mol. The second kappa shape index (κ2) is 7.49. The van der Waals surface area contributed by atoms with Crippen LogP contribution in [0.5, 0.6) is 0 Å². The van der Waals surface area contributed by atoms with Crippen molar-refractivity contribution in [3.05, 3.63) is 29.8 Å². The van der Waals surface area contributed by atoms with Crippen molar-refractivity contribution in [3.63, 3.8) is 0 Å². The van der Waals surface area contributed by atoms with Gasteiger partial charge in [0, 0.05) is 19.1 Å². The number of hydrogen-bond acceptors (Lipinski definition) is 4. The van der Waals surface area contributed by atoms with Crippen molar-refractivity contribution in [2.75, 3.05) is 31.1 Å². The first-order valence-corrected chi connectivity index (χ1v) is 10.0. The van der Waals surface area contributed by atoms with E-state index in [1.54, 1.807) is 0 Å². The minimum absolute atomic E-state index is 0.0460. The predicted molar refractivity (Wildman–Crippen MR) is 102 cm³/mol. The van der Waals surface area contributed by atoms with E-state index in [-0.39, 0.29) is 17.9 Å². The Kier molecular flexibility index (Phi) is 5.09. The second-order valence-electron chi connectivity index (χ2n) is 7.99. The molecule has 0 aromatic heterocycles. The van der Waals surface area contributed by atoms with Crippen molar-refractivity contribution in [3.8, 4) is 0 Å². The number of carbonyl (C=O) groups is 2. The summed E-state index contributed by atoms with van der Waals surface area (Å²) in [7, 11) is 0. The Morgan fingerprint density at radius 2 is 1.50 bits per heavy atom. The first kappa shape index (κ1) is 17.7. The normalized spacial score (nSPS) is 26.7. The molecule has 1 aromatic carbocycles. The minimum Gasteiger partial charge on any atom is -0.300 e. The lowest BCUT2D eigenvalue weighted by atomic mass is 9.98. The van der Waals surface area contributed by atoms with Gasteiger partial charge in [-0.15, -0.1) is 0 Å². The van der Waals surface area contributed by atoms with Crippen LogP contribution in [-0.2, 0) is 9.59 Å². The number of imide groups is 1. The average Bonchev–Trinajstić information content (AvgIpc) is 2.98. The van der Waals surface area contributed by atoms with Crippen molar-refractivity contribution >= 4 is 17.5 Å². The summed E-state index contributed by atoms with van der Waals surface area (Å²) in [5.41, 5.74) is 1.83. The molecule has 3 aliphatic heterocycles. The highest BCUT2D eigenvalue weighted by atomic mass is 16.2. The molecule has 3 heterocycles. The third kappa shape index (κ3) is 3.42. The molecule has 2 amide bonds. The molecule has 3 fully saturated rings. The van der Waals surface area contributed by atoms with Gasteiger partial charge >= 0.3 is 0 Å². The van der Waals surface area contributed by atoms with Crippen LogP contribution in [-0.4, -0.2) is 59.9 Å². The Hall–Kier alpha value is -1.72. The molecule has 0 radical (unpaired) electrons. The molecule has 0 saturated carbocycles. The Morgan fingerprint density at radius 3 is 2.15 bits per heavy atom. The van der Waals surface area contributed by atoms with Crippen LogP contribution in [0.4, 0.5) is 5.69 Å². The van der Waals surface area contributed by atoms with Crippen LogP contribution in [0.1, 0.15) is 44.1 Å². The van der Waals surface area contributed by atoms with E-state index in [0.29, 0.717) is 18.2 Å². The van der Waals surface area contributed by atoms with Crippen molar-refractivity contribution in [1.82, 2.24) is 9.80 Å². The second-order valence-corrected chi connectivity index (χ2v) is 7.99. The molecule has 5 nitrogen and oxygen atoms in total. The van der Waals surface area contributed by atoms with Crippen LogP contribution in [0.2, 0.25) is 0 Å². The zero-order chi connectivity index (χ0) is 18.1. The third-order valence-corrected chi connectivity index (χ3v) is 6.26. The number of benzene rings is 1. The molecule has 140 valence electrons. The number of likely N-dealkylation sites (tertiary alicyclic amines) is 2. The van der Waals surface area contributed by atoms with E-state index in [1.807, 2.05) is 31.2 Å². The fraction of sp³-hybridized carbons (Fsp3) is 0.619. The van der Waals surface area contributed by atoms with Gasteiger partial charge in [0.15, 0.2) is 0 Å². The smallest absolute Gasteiger partial charge is 0.251 e. The summed E-state index contributed by atoms with van der Waals surface area (Å²) in [4.78, 5) is 31.7. The topological polar surface area (TPSA) is 43.9 Å². The van der Waals surface area contributed by atoms with E-state index >= 15 is 0 Å². The number of rotatable bonds is 3. The standard InChI is InChI=1S/C21H29N3O2/c1-16-5-7-18(8-6-16)24-20(25)15-19(21(24)26)23-13-9-17(10-14-23)22-11-3-2-4-12-22/h5-8,17,19H,2-4,9-15H2,1H3. The molecule has 1 atom stereocenters. The van der Waals surface area contributed by atoms with Crippen LogP contribution in [0, 0.1) is 6.92 Å². The van der Waals surface area contributed by atoms with Crippen LogP contribution >= 0.6 is 0 Å². The maximum Gasteiger partial charge on any atom is 0.251 e. The monoisotopic (exact) mass is 355 g/mol. The highest BCUT2D eigenvalue weighted by molar-refractivity contribution is 6.22. The number of piperidine rings is 2. The van der Waals surface area contributed by atoms with Crippen LogP contribution in [0.25, 0.3) is 0 Å². The van der Waals surface area contributed by atoms with E-state index in [1.165, 1.54) is 37.3 Å². The lowest BCUT2D eigenvalue weighted by Crippen LogP contribution is -2.51. The summed E-state index contributed by atoms with van der Waals surface area (Å²) in [5.74, 6) is -0.114. The van der Waals surface area contributed by atoms with Gasteiger partial charge < -0.3 is 4.90 Å². The Labute approximate surface area is 155 Å². The van der Waals surface area contributed by atoms with Crippen molar-refractivity contribution in [1.29, 1.82) is 0 Å². The van der Waals surface area contributed by atoms with Crippen LogP contribution in [0.15, 0.2) is 24.3 Å². The number of nitrogens with zero attached hydrogens (tertiary/aromatic N) is 3. The van der Waals surface area contributed by atoms with Gasteiger partial charge in [0.05, 0.1) is 18.2 Å². The summed E-state index contributed by atoms with van der Waals surface area (Å²) >= 11 is 0. The highest BCUT2D eigenvalue weighted by Gasteiger charge is 2.43.